The Hall–Kier alpha value is -2.98. The number of fused-ring (bicyclic) bond motifs is 1. The first kappa shape index (κ1) is 20.9. The van der Waals surface area contributed by atoms with Crippen LogP contribution in [-0.2, 0) is 14.4 Å². The van der Waals surface area contributed by atoms with Gasteiger partial charge in [0, 0.05) is 55.5 Å². The van der Waals surface area contributed by atoms with Crippen molar-refractivity contribution in [1.29, 1.82) is 0 Å². The molecule has 1 aromatic carbocycles. The second-order valence-electron chi connectivity index (χ2n) is 9.03. The van der Waals surface area contributed by atoms with Gasteiger partial charge in [0.2, 0.25) is 11.8 Å². The number of likely N-dealkylation sites (tertiary alicyclic amines) is 1. The Kier molecular flexibility index (Phi) is 5.13. The van der Waals surface area contributed by atoms with E-state index in [1.54, 1.807) is 12.1 Å². The second-order valence-corrected chi connectivity index (χ2v) is 9.03. The molecule has 4 heterocycles. The van der Waals surface area contributed by atoms with Crippen LogP contribution in [0.15, 0.2) is 18.2 Å². The Morgan fingerprint density at radius 1 is 1.06 bits per heavy atom. The van der Waals surface area contributed by atoms with E-state index < -0.39 is 30.1 Å². The van der Waals surface area contributed by atoms with Crippen LogP contribution in [0.2, 0.25) is 0 Å². The third kappa shape index (κ3) is 3.43. The van der Waals surface area contributed by atoms with Gasteiger partial charge in [-0.25, -0.2) is 0 Å². The number of anilines is 1. The molecule has 0 bridgehead atoms. The fourth-order valence-corrected chi connectivity index (χ4v) is 5.27. The van der Waals surface area contributed by atoms with Crippen molar-refractivity contribution in [2.45, 2.75) is 44.0 Å². The Morgan fingerprint density at radius 2 is 1.78 bits per heavy atom. The molecule has 10 heteroatoms. The van der Waals surface area contributed by atoms with Gasteiger partial charge in [-0.1, -0.05) is 6.07 Å². The summed E-state index contributed by atoms with van der Waals surface area (Å²) in [4.78, 5) is 53.4. The SMILES string of the molecule is O=C1CCC(N2C(=O)c3cc(N4CCC(N5CC(C(=O)O)C5)CC4)ccc3C2O)C(=O)N1. The van der Waals surface area contributed by atoms with E-state index in [0.29, 0.717) is 30.3 Å². The van der Waals surface area contributed by atoms with Crippen molar-refractivity contribution in [2.75, 3.05) is 31.1 Å². The van der Waals surface area contributed by atoms with Crippen LogP contribution in [0.4, 0.5) is 5.69 Å². The average Bonchev–Trinajstić information content (AvgIpc) is 2.97. The summed E-state index contributed by atoms with van der Waals surface area (Å²) in [5, 5.41) is 22.0. The van der Waals surface area contributed by atoms with Gasteiger partial charge in [0.15, 0.2) is 6.23 Å². The molecule has 2 unspecified atom stereocenters. The van der Waals surface area contributed by atoms with Gasteiger partial charge in [-0.15, -0.1) is 0 Å². The average molecular weight is 442 g/mol. The monoisotopic (exact) mass is 442 g/mol. The minimum atomic E-state index is -1.21. The zero-order valence-electron chi connectivity index (χ0n) is 17.6. The van der Waals surface area contributed by atoms with E-state index in [4.69, 9.17) is 5.11 Å². The van der Waals surface area contributed by atoms with E-state index >= 15 is 0 Å². The minimum absolute atomic E-state index is 0.133. The highest BCUT2D eigenvalue weighted by atomic mass is 16.4. The van der Waals surface area contributed by atoms with E-state index in [1.807, 2.05) is 6.07 Å². The van der Waals surface area contributed by atoms with Crippen LogP contribution in [0.1, 0.15) is 47.8 Å². The number of rotatable bonds is 4. The second kappa shape index (κ2) is 7.86. The van der Waals surface area contributed by atoms with Gasteiger partial charge in [0.05, 0.1) is 5.92 Å². The molecule has 170 valence electrons. The number of amides is 3. The highest BCUT2D eigenvalue weighted by molar-refractivity contribution is 6.06. The summed E-state index contributed by atoms with van der Waals surface area (Å²) >= 11 is 0. The van der Waals surface area contributed by atoms with Crippen LogP contribution in [0, 0.1) is 5.92 Å². The van der Waals surface area contributed by atoms with Crippen molar-refractivity contribution in [3.63, 3.8) is 0 Å². The van der Waals surface area contributed by atoms with Gasteiger partial charge in [-0.2, -0.15) is 0 Å². The fraction of sp³-hybridized carbons (Fsp3) is 0.545. The zero-order valence-corrected chi connectivity index (χ0v) is 17.6. The third-order valence-corrected chi connectivity index (χ3v) is 7.19. The van der Waals surface area contributed by atoms with Crippen molar-refractivity contribution in [1.82, 2.24) is 15.1 Å². The summed E-state index contributed by atoms with van der Waals surface area (Å²) in [6, 6.07) is 4.90. The molecule has 2 atom stereocenters. The molecule has 0 saturated carbocycles. The van der Waals surface area contributed by atoms with Gasteiger partial charge >= 0.3 is 5.97 Å². The lowest BCUT2D eigenvalue weighted by Gasteiger charge is -2.46. The van der Waals surface area contributed by atoms with E-state index in [2.05, 4.69) is 15.1 Å². The number of carbonyl (C=O) groups excluding carboxylic acids is 3. The van der Waals surface area contributed by atoms with Crippen LogP contribution in [0.25, 0.3) is 0 Å². The van der Waals surface area contributed by atoms with Gasteiger partial charge in [0.25, 0.3) is 5.91 Å². The molecule has 4 aliphatic rings. The molecule has 0 aromatic heterocycles. The number of carbonyl (C=O) groups is 4. The number of aliphatic hydroxyl groups excluding tert-OH is 1. The van der Waals surface area contributed by atoms with Gasteiger partial charge in [-0.05, 0) is 31.4 Å². The van der Waals surface area contributed by atoms with E-state index in [9.17, 15) is 24.3 Å². The van der Waals surface area contributed by atoms with E-state index in [1.165, 1.54) is 4.90 Å². The Labute approximate surface area is 184 Å². The molecule has 0 spiro atoms. The van der Waals surface area contributed by atoms with Gasteiger partial charge in [0.1, 0.15) is 6.04 Å². The topological polar surface area (TPSA) is 130 Å². The quantitative estimate of drug-likeness (QED) is 0.552. The highest BCUT2D eigenvalue weighted by Crippen LogP contribution is 2.37. The molecule has 32 heavy (non-hydrogen) atoms. The summed E-state index contributed by atoms with van der Waals surface area (Å²) < 4.78 is 0. The number of aliphatic carboxylic acids is 1. The largest absolute Gasteiger partial charge is 0.481 e. The van der Waals surface area contributed by atoms with Crippen molar-refractivity contribution in [2.24, 2.45) is 5.92 Å². The Bertz CT molecular complexity index is 983. The fourth-order valence-electron chi connectivity index (χ4n) is 5.27. The van der Waals surface area contributed by atoms with Crippen molar-refractivity contribution in [3.8, 4) is 0 Å². The molecule has 1 aromatic rings. The third-order valence-electron chi connectivity index (χ3n) is 7.19. The summed E-state index contributed by atoms with van der Waals surface area (Å²) in [7, 11) is 0. The molecule has 3 fully saturated rings. The predicted octanol–water partition coefficient (Wildman–Crippen LogP) is -0.0763. The number of carboxylic acid groups (broad SMARTS) is 1. The first-order valence-electron chi connectivity index (χ1n) is 11.0. The van der Waals surface area contributed by atoms with Crippen LogP contribution < -0.4 is 10.2 Å². The number of piperidine rings is 2. The zero-order chi connectivity index (χ0) is 22.6. The normalized spacial score (nSPS) is 27.3. The van der Waals surface area contributed by atoms with Crippen molar-refractivity contribution < 1.29 is 29.4 Å². The number of benzene rings is 1. The number of hydrogen-bond donors (Lipinski definition) is 3. The maximum Gasteiger partial charge on any atom is 0.309 e. The van der Waals surface area contributed by atoms with Crippen molar-refractivity contribution >= 4 is 29.4 Å². The standard InChI is InChI=1S/C22H26N4O6/c27-18-4-3-17(19(28)23-18)26-20(29)15-2-1-14(9-16(15)21(26)30)24-7-5-13(6-8-24)25-10-12(11-25)22(31)32/h1-2,9,12-13,17,20,29H,3-8,10-11H2,(H,31,32)(H,23,27,28). The highest BCUT2D eigenvalue weighted by Gasteiger charge is 2.44. The number of hydrogen-bond acceptors (Lipinski definition) is 7. The summed E-state index contributed by atoms with van der Waals surface area (Å²) in [6.07, 6.45) is 0.953. The lowest BCUT2D eigenvalue weighted by atomic mass is 9.93. The number of carboxylic acids is 1. The molecule has 4 aliphatic heterocycles. The lowest BCUT2D eigenvalue weighted by molar-refractivity contribution is -0.149. The molecule has 0 aliphatic carbocycles. The van der Waals surface area contributed by atoms with Crippen LogP contribution >= 0.6 is 0 Å². The molecule has 5 rings (SSSR count). The number of aliphatic hydroxyl groups is 1. The minimum Gasteiger partial charge on any atom is -0.481 e. The molecular formula is C22H26N4O6. The maximum atomic E-state index is 13.1. The van der Waals surface area contributed by atoms with Crippen molar-refractivity contribution in [3.05, 3.63) is 29.3 Å². The molecule has 3 amide bonds. The summed E-state index contributed by atoms with van der Waals surface area (Å²) in [5.41, 5.74) is 1.74. The number of nitrogens with one attached hydrogen (secondary N) is 1. The first-order valence-corrected chi connectivity index (χ1v) is 11.0. The number of imide groups is 1. The maximum absolute atomic E-state index is 13.1. The Morgan fingerprint density at radius 3 is 2.44 bits per heavy atom. The van der Waals surface area contributed by atoms with Gasteiger partial charge in [-0.3, -0.25) is 34.3 Å². The van der Waals surface area contributed by atoms with E-state index in [-0.39, 0.29) is 24.7 Å². The summed E-state index contributed by atoms with van der Waals surface area (Å²) in [6.45, 7) is 2.82. The molecule has 0 radical (unpaired) electrons. The van der Waals surface area contributed by atoms with E-state index in [0.717, 1.165) is 31.6 Å². The Balaban J connectivity index is 1.25. The first-order chi connectivity index (χ1) is 15.3. The number of nitrogens with zero attached hydrogens (tertiary/aromatic N) is 3. The smallest absolute Gasteiger partial charge is 0.309 e. The molecular weight excluding hydrogens is 416 g/mol. The van der Waals surface area contributed by atoms with Gasteiger partial charge < -0.3 is 15.1 Å². The predicted molar refractivity (Wildman–Crippen MR) is 112 cm³/mol. The molecule has 10 nitrogen and oxygen atoms in total. The van der Waals surface area contributed by atoms with Crippen LogP contribution in [0.3, 0.4) is 0 Å². The summed E-state index contributed by atoms with van der Waals surface area (Å²) in [5.74, 6) is -2.31. The molecule has 3 saturated heterocycles. The lowest BCUT2D eigenvalue weighted by Crippen LogP contribution is -2.57. The molecule has 3 N–H and O–H groups in total. The van der Waals surface area contributed by atoms with Crippen LogP contribution in [0.5, 0.6) is 0 Å². The van der Waals surface area contributed by atoms with Crippen LogP contribution in [-0.4, -0.2) is 82.0 Å².